The van der Waals surface area contributed by atoms with E-state index in [2.05, 4.69) is 20.3 Å². The third-order valence-corrected chi connectivity index (χ3v) is 4.25. The number of anilines is 2. The van der Waals surface area contributed by atoms with Gasteiger partial charge in [0.15, 0.2) is 0 Å². The zero-order valence-electron chi connectivity index (χ0n) is 11.3. The van der Waals surface area contributed by atoms with E-state index in [4.69, 9.17) is 9.11 Å². The van der Waals surface area contributed by atoms with Gasteiger partial charge < -0.3 is 5.32 Å². The number of hydrogen-bond acceptors (Lipinski definition) is 8. The summed E-state index contributed by atoms with van der Waals surface area (Å²) in [6.45, 7) is 1.34. The number of aryl methyl sites for hydroxylation is 1. The minimum Gasteiger partial charge on any atom is -0.323 e. The molecule has 0 aliphatic heterocycles. The quantitative estimate of drug-likeness (QED) is 0.654. The number of hydrogen-bond donors (Lipinski definition) is 3. The molecular weight excluding hydrogens is 355 g/mol. The molecule has 1 aromatic carbocycles. The third kappa shape index (κ3) is 4.16. The maximum absolute atomic E-state index is 13.1. The standard InChI is InChI=1S/C10H9FN4O6S2/c1-5-12-9(11)15-10(13-5)14-7-4-6(22(16,17)18)2-3-8(7)23(19,20)21/h2-4H,1H3,(H,16,17,18)(H,19,20,21)(H,12,13,14,15). The summed E-state index contributed by atoms with van der Waals surface area (Å²) in [4.78, 5) is 8.84. The van der Waals surface area contributed by atoms with Crippen LogP contribution in [0.25, 0.3) is 0 Å². The molecule has 1 heterocycles. The van der Waals surface area contributed by atoms with Crippen LogP contribution in [0.3, 0.4) is 0 Å². The van der Waals surface area contributed by atoms with Crippen molar-refractivity contribution in [2.24, 2.45) is 0 Å². The first kappa shape index (κ1) is 17.1. The van der Waals surface area contributed by atoms with Gasteiger partial charge in [-0.25, -0.2) is 0 Å². The molecule has 124 valence electrons. The fourth-order valence-corrected chi connectivity index (χ4v) is 2.75. The average molecular weight is 364 g/mol. The molecule has 10 nitrogen and oxygen atoms in total. The maximum atomic E-state index is 13.1. The summed E-state index contributed by atoms with van der Waals surface area (Å²) in [6, 6.07) is 2.23. The van der Waals surface area contributed by atoms with Crippen LogP contribution in [0.1, 0.15) is 5.82 Å². The van der Waals surface area contributed by atoms with Crippen molar-refractivity contribution < 1.29 is 30.3 Å². The van der Waals surface area contributed by atoms with Crippen LogP contribution in [-0.2, 0) is 20.2 Å². The summed E-state index contributed by atoms with van der Waals surface area (Å²) in [7, 11) is -9.38. The van der Waals surface area contributed by atoms with Crippen molar-refractivity contribution in [1.29, 1.82) is 0 Å². The van der Waals surface area contributed by atoms with Crippen LogP contribution in [0.4, 0.5) is 16.0 Å². The first-order chi connectivity index (χ1) is 10.5. The molecule has 13 heteroatoms. The molecule has 1 aromatic heterocycles. The minimum atomic E-state index is -4.74. The highest BCUT2D eigenvalue weighted by molar-refractivity contribution is 7.86. The van der Waals surface area contributed by atoms with Crippen LogP contribution in [0.15, 0.2) is 28.0 Å². The van der Waals surface area contributed by atoms with E-state index in [-0.39, 0.29) is 5.82 Å². The Balaban J connectivity index is 2.62. The zero-order chi connectivity index (χ0) is 17.4. The molecule has 0 amide bonds. The van der Waals surface area contributed by atoms with E-state index in [1.165, 1.54) is 6.92 Å². The number of aromatic nitrogens is 3. The maximum Gasteiger partial charge on any atom is 0.313 e. The molecule has 0 spiro atoms. The second-order valence-electron chi connectivity index (χ2n) is 4.21. The van der Waals surface area contributed by atoms with Crippen molar-refractivity contribution in [3.05, 3.63) is 30.1 Å². The molecule has 2 rings (SSSR count). The van der Waals surface area contributed by atoms with Gasteiger partial charge in [0.2, 0.25) is 5.95 Å². The first-order valence-corrected chi connectivity index (χ1v) is 8.59. The lowest BCUT2D eigenvalue weighted by atomic mass is 10.3. The van der Waals surface area contributed by atoms with Crippen molar-refractivity contribution in [2.75, 3.05) is 5.32 Å². The van der Waals surface area contributed by atoms with Crippen LogP contribution >= 0.6 is 0 Å². The lowest BCUT2D eigenvalue weighted by molar-refractivity contribution is 0.479. The van der Waals surface area contributed by atoms with Crippen LogP contribution < -0.4 is 5.32 Å². The van der Waals surface area contributed by atoms with Crippen molar-refractivity contribution in [2.45, 2.75) is 16.7 Å². The van der Waals surface area contributed by atoms with Crippen molar-refractivity contribution >= 4 is 31.9 Å². The molecule has 0 saturated heterocycles. The molecule has 0 fully saturated rings. The Labute approximate surface area is 129 Å². The molecule has 0 saturated carbocycles. The first-order valence-electron chi connectivity index (χ1n) is 5.71. The summed E-state index contributed by atoms with van der Waals surface area (Å²) in [6.07, 6.45) is -1.15. The molecule has 0 unspecified atom stereocenters. The normalized spacial score (nSPS) is 12.2. The minimum absolute atomic E-state index is 0.0284. The molecule has 2 aromatic rings. The Kier molecular flexibility index (Phi) is 4.30. The van der Waals surface area contributed by atoms with E-state index in [1.807, 2.05) is 0 Å². The molecule has 0 atom stereocenters. The number of halogens is 1. The third-order valence-electron chi connectivity index (χ3n) is 2.49. The van der Waals surface area contributed by atoms with Gasteiger partial charge in [-0.15, -0.1) is 0 Å². The van der Waals surface area contributed by atoms with Crippen molar-refractivity contribution in [3.8, 4) is 0 Å². The summed E-state index contributed by atoms with van der Waals surface area (Å²) in [5.41, 5.74) is -0.479. The zero-order valence-corrected chi connectivity index (χ0v) is 12.9. The van der Waals surface area contributed by atoms with Crippen molar-refractivity contribution in [3.63, 3.8) is 0 Å². The molecule has 0 bridgehead atoms. The van der Waals surface area contributed by atoms with Crippen LogP contribution in [0.2, 0.25) is 0 Å². The van der Waals surface area contributed by atoms with Crippen molar-refractivity contribution in [1.82, 2.24) is 15.0 Å². The lowest BCUT2D eigenvalue weighted by Gasteiger charge is -2.10. The van der Waals surface area contributed by atoms with Gasteiger partial charge in [0.05, 0.1) is 10.6 Å². The van der Waals surface area contributed by atoms with E-state index < -0.39 is 47.7 Å². The van der Waals surface area contributed by atoms with E-state index >= 15 is 0 Å². The second kappa shape index (κ2) is 5.77. The predicted octanol–water partition coefficient (Wildman–Crippen LogP) is 0.556. The fourth-order valence-electron chi connectivity index (χ4n) is 1.62. The topological polar surface area (TPSA) is 159 Å². The van der Waals surface area contributed by atoms with Gasteiger partial charge in [-0.1, -0.05) is 0 Å². The van der Waals surface area contributed by atoms with Gasteiger partial charge in [0.25, 0.3) is 20.2 Å². The van der Waals surface area contributed by atoms with Crippen LogP contribution in [-0.4, -0.2) is 40.9 Å². The predicted molar refractivity (Wildman–Crippen MR) is 73.9 cm³/mol. The van der Waals surface area contributed by atoms with Gasteiger partial charge >= 0.3 is 6.08 Å². The highest BCUT2D eigenvalue weighted by Gasteiger charge is 2.20. The summed E-state index contributed by atoms with van der Waals surface area (Å²) < 4.78 is 76.1. The summed E-state index contributed by atoms with van der Waals surface area (Å²) in [5.74, 6) is -0.452. The van der Waals surface area contributed by atoms with Gasteiger partial charge in [-0.2, -0.15) is 36.2 Å². The highest BCUT2D eigenvalue weighted by Crippen LogP contribution is 2.26. The Morgan fingerprint density at radius 3 is 2.22 bits per heavy atom. The summed E-state index contributed by atoms with van der Waals surface area (Å²) in [5, 5.41) is 2.26. The Hall–Kier alpha value is -2.22. The Morgan fingerprint density at radius 1 is 1.04 bits per heavy atom. The molecule has 0 aliphatic carbocycles. The summed E-state index contributed by atoms with van der Waals surface area (Å²) >= 11 is 0. The van der Waals surface area contributed by atoms with E-state index in [0.717, 1.165) is 18.2 Å². The van der Waals surface area contributed by atoms with E-state index in [9.17, 15) is 21.2 Å². The SMILES string of the molecule is Cc1nc(F)nc(Nc2cc(S(=O)(=O)O)ccc2S(=O)(=O)O)n1. The second-order valence-corrected chi connectivity index (χ2v) is 7.02. The van der Waals surface area contributed by atoms with Gasteiger partial charge in [-0.05, 0) is 25.1 Å². The molecule has 0 radical (unpaired) electrons. The van der Waals surface area contributed by atoms with E-state index in [0.29, 0.717) is 0 Å². The lowest BCUT2D eigenvalue weighted by Crippen LogP contribution is -2.09. The van der Waals surface area contributed by atoms with Crippen LogP contribution in [0.5, 0.6) is 0 Å². The van der Waals surface area contributed by atoms with E-state index in [1.54, 1.807) is 0 Å². The van der Waals surface area contributed by atoms with Crippen LogP contribution in [0, 0.1) is 13.0 Å². The number of nitrogens with one attached hydrogen (secondary N) is 1. The average Bonchev–Trinajstić information content (AvgIpc) is 2.34. The Morgan fingerprint density at radius 2 is 1.70 bits per heavy atom. The highest BCUT2D eigenvalue weighted by atomic mass is 32.2. The monoisotopic (exact) mass is 364 g/mol. The smallest absolute Gasteiger partial charge is 0.313 e. The molecule has 3 N–H and O–H groups in total. The Bertz CT molecular complexity index is 957. The molecule has 0 aliphatic rings. The molecule has 23 heavy (non-hydrogen) atoms. The van der Waals surface area contributed by atoms with Gasteiger partial charge in [0.1, 0.15) is 10.7 Å². The van der Waals surface area contributed by atoms with Gasteiger partial charge in [0, 0.05) is 0 Å². The number of benzene rings is 1. The number of nitrogens with zero attached hydrogens (tertiary/aromatic N) is 3. The molecular formula is C10H9FN4O6S2. The van der Waals surface area contributed by atoms with Gasteiger partial charge in [-0.3, -0.25) is 9.11 Å². The fraction of sp³-hybridized carbons (Fsp3) is 0.100. The largest absolute Gasteiger partial charge is 0.323 e. The number of rotatable bonds is 4.